The Labute approximate surface area is 149 Å². The maximum atomic E-state index is 12.6. The quantitative estimate of drug-likeness (QED) is 0.913. The van der Waals surface area contributed by atoms with E-state index in [9.17, 15) is 4.79 Å². The van der Waals surface area contributed by atoms with Crippen LogP contribution < -0.4 is 5.32 Å². The van der Waals surface area contributed by atoms with Crippen molar-refractivity contribution in [1.29, 1.82) is 0 Å². The first-order valence-electron chi connectivity index (χ1n) is 9.51. The molecule has 2 heterocycles. The fourth-order valence-electron chi connectivity index (χ4n) is 4.27. The smallest absolute Gasteiger partial charge is 0.317 e. The number of urea groups is 1. The molecule has 3 aliphatic rings. The highest BCUT2D eigenvalue weighted by Crippen LogP contribution is 2.46. The van der Waals surface area contributed by atoms with Gasteiger partial charge in [-0.3, -0.25) is 0 Å². The first-order chi connectivity index (χ1) is 12.2. The molecule has 0 bridgehead atoms. The Hall–Kier alpha value is -1.59. The first-order valence-corrected chi connectivity index (χ1v) is 9.51. The summed E-state index contributed by atoms with van der Waals surface area (Å²) < 4.78 is 11.6. The molecule has 5 heteroatoms. The van der Waals surface area contributed by atoms with E-state index in [0.717, 1.165) is 32.5 Å². The van der Waals surface area contributed by atoms with E-state index in [0.29, 0.717) is 25.0 Å². The third kappa shape index (κ3) is 3.67. The molecule has 0 unspecified atom stereocenters. The van der Waals surface area contributed by atoms with Crippen LogP contribution in [0, 0.1) is 11.8 Å². The van der Waals surface area contributed by atoms with Gasteiger partial charge in [0.1, 0.15) is 0 Å². The monoisotopic (exact) mass is 344 g/mol. The van der Waals surface area contributed by atoms with Crippen LogP contribution in [0.4, 0.5) is 4.79 Å². The molecule has 1 N–H and O–H groups in total. The van der Waals surface area contributed by atoms with Gasteiger partial charge in [-0.25, -0.2) is 4.79 Å². The summed E-state index contributed by atoms with van der Waals surface area (Å²) in [7, 11) is 0. The second-order valence-corrected chi connectivity index (χ2v) is 7.70. The SMILES string of the molecule is CC1([C@@H]2CCCN(C(=O)NC[C@H]3C[C@@H]3c3ccccc3)C2)OCCO1. The third-order valence-corrected chi connectivity index (χ3v) is 5.98. The zero-order chi connectivity index (χ0) is 17.3. The van der Waals surface area contributed by atoms with Gasteiger partial charge in [0.2, 0.25) is 0 Å². The van der Waals surface area contributed by atoms with Crippen LogP contribution in [0.3, 0.4) is 0 Å². The van der Waals surface area contributed by atoms with Crippen LogP contribution in [-0.4, -0.2) is 49.6 Å². The van der Waals surface area contributed by atoms with Crippen molar-refractivity contribution in [3.05, 3.63) is 35.9 Å². The molecule has 1 aromatic carbocycles. The lowest BCUT2D eigenvalue weighted by molar-refractivity contribution is -0.189. The van der Waals surface area contributed by atoms with Crippen LogP contribution in [0.25, 0.3) is 0 Å². The van der Waals surface area contributed by atoms with Crippen molar-refractivity contribution in [2.45, 2.75) is 37.9 Å². The molecule has 2 aliphatic heterocycles. The number of likely N-dealkylation sites (tertiary alicyclic amines) is 1. The maximum absolute atomic E-state index is 12.6. The molecule has 3 fully saturated rings. The predicted molar refractivity (Wildman–Crippen MR) is 95.3 cm³/mol. The molecule has 2 amide bonds. The highest BCUT2D eigenvalue weighted by Gasteiger charge is 2.43. The van der Waals surface area contributed by atoms with Crippen LogP contribution in [0.5, 0.6) is 0 Å². The summed E-state index contributed by atoms with van der Waals surface area (Å²) in [6.45, 7) is 5.63. The van der Waals surface area contributed by atoms with Crippen LogP contribution in [0.1, 0.15) is 37.7 Å². The fourth-order valence-corrected chi connectivity index (χ4v) is 4.27. The molecule has 5 nitrogen and oxygen atoms in total. The summed E-state index contributed by atoms with van der Waals surface area (Å²) in [5, 5.41) is 3.14. The van der Waals surface area contributed by atoms with Crippen LogP contribution >= 0.6 is 0 Å². The summed E-state index contributed by atoms with van der Waals surface area (Å²) in [5.74, 6) is 0.918. The van der Waals surface area contributed by atoms with E-state index in [1.807, 2.05) is 17.9 Å². The number of carbonyl (C=O) groups excluding carboxylic acids is 1. The summed E-state index contributed by atoms with van der Waals surface area (Å²) in [5.41, 5.74) is 1.39. The molecule has 1 aromatic rings. The first kappa shape index (κ1) is 16.9. The molecule has 0 spiro atoms. The van der Waals surface area contributed by atoms with Crippen LogP contribution in [-0.2, 0) is 9.47 Å². The van der Waals surface area contributed by atoms with E-state index >= 15 is 0 Å². The summed E-state index contributed by atoms with van der Waals surface area (Å²) in [6.07, 6.45) is 3.24. The molecule has 2 saturated heterocycles. The van der Waals surface area contributed by atoms with E-state index in [1.54, 1.807) is 0 Å². The van der Waals surface area contributed by atoms with Gasteiger partial charge in [-0.15, -0.1) is 0 Å². The number of benzene rings is 1. The van der Waals surface area contributed by atoms with Gasteiger partial charge < -0.3 is 19.7 Å². The number of nitrogens with zero attached hydrogens (tertiary/aromatic N) is 1. The number of piperidine rings is 1. The van der Waals surface area contributed by atoms with Crippen molar-refractivity contribution in [2.24, 2.45) is 11.8 Å². The molecule has 0 radical (unpaired) electrons. The number of rotatable bonds is 4. The Bertz CT molecular complexity index is 600. The van der Waals surface area contributed by atoms with Gasteiger partial charge in [-0.1, -0.05) is 30.3 Å². The average molecular weight is 344 g/mol. The van der Waals surface area contributed by atoms with Gasteiger partial charge in [0.25, 0.3) is 0 Å². The lowest BCUT2D eigenvalue weighted by Gasteiger charge is -2.39. The number of hydrogen-bond donors (Lipinski definition) is 1. The zero-order valence-electron chi connectivity index (χ0n) is 14.9. The van der Waals surface area contributed by atoms with Crippen LogP contribution in [0.2, 0.25) is 0 Å². The average Bonchev–Trinajstić information content (AvgIpc) is 3.31. The molecule has 0 aromatic heterocycles. The highest BCUT2D eigenvalue weighted by molar-refractivity contribution is 5.74. The van der Waals surface area contributed by atoms with Crippen LogP contribution in [0.15, 0.2) is 30.3 Å². The Morgan fingerprint density at radius 1 is 1.28 bits per heavy atom. The number of carbonyl (C=O) groups is 1. The van der Waals surface area contributed by atoms with E-state index in [1.165, 1.54) is 12.0 Å². The topological polar surface area (TPSA) is 50.8 Å². The second kappa shape index (κ2) is 6.96. The minimum atomic E-state index is -0.520. The molecule has 4 rings (SSSR count). The molecule has 1 aliphatic carbocycles. The number of ether oxygens (including phenoxy) is 2. The third-order valence-electron chi connectivity index (χ3n) is 5.98. The summed E-state index contributed by atoms with van der Waals surface area (Å²) in [4.78, 5) is 14.5. The Balaban J connectivity index is 1.26. The molecule has 136 valence electrons. The molecular weight excluding hydrogens is 316 g/mol. The Morgan fingerprint density at radius 2 is 2.04 bits per heavy atom. The lowest BCUT2D eigenvalue weighted by Crippen LogP contribution is -2.51. The van der Waals surface area contributed by atoms with Crippen molar-refractivity contribution in [1.82, 2.24) is 10.2 Å². The summed E-state index contributed by atoms with van der Waals surface area (Å²) in [6, 6.07) is 10.7. The second-order valence-electron chi connectivity index (χ2n) is 7.70. The number of hydrogen-bond acceptors (Lipinski definition) is 3. The van der Waals surface area contributed by atoms with E-state index in [2.05, 4.69) is 29.6 Å². The van der Waals surface area contributed by atoms with E-state index < -0.39 is 5.79 Å². The van der Waals surface area contributed by atoms with Crippen molar-refractivity contribution in [3.63, 3.8) is 0 Å². The largest absolute Gasteiger partial charge is 0.347 e. The Morgan fingerprint density at radius 3 is 2.80 bits per heavy atom. The van der Waals surface area contributed by atoms with Crippen molar-refractivity contribution in [2.75, 3.05) is 32.8 Å². The van der Waals surface area contributed by atoms with Gasteiger partial charge in [-0.05, 0) is 43.6 Å². The molecule has 25 heavy (non-hydrogen) atoms. The van der Waals surface area contributed by atoms with Crippen molar-refractivity contribution < 1.29 is 14.3 Å². The minimum Gasteiger partial charge on any atom is -0.347 e. The Kier molecular flexibility index (Phi) is 4.69. The number of nitrogens with one attached hydrogen (secondary N) is 1. The van der Waals surface area contributed by atoms with Crippen molar-refractivity contribution >= 4 is 6.03 Å². The highest BCUT2D eigenvalue weighted by atomic mass is 16.7. The van der Waals surface area contributed by atoms with Gasteiger partial charge >= 0.3 is 6.03 Å². The molecule has 3 atom stereocenters. The zero-order valence-corrected chi connectivity index (χ0v) is 14.9. The molecular formula is C20H28N2O3. The predicted octanol–water partition coefficient (Wildman–Crippen LogP) is 2.97. The van der Waals surface area contributed by atoms with E-state index in [4.69, 9.17) is 9.47 Å². The minimum absolute atomic E-state index is 0.0602. The van der Waals surface area contributed by atoms with Gasteiger partial charge in [0, 0.05) is 25.6 Å². The summed E-state index contributed by atoms with van der Waals surface area (Å²) >= 11 is 0. The van der Waals surface area contributed by atoms with Crippen molar-refractivity contribution in [3.8, 4) is 0 Å². The van der Waals surface area contributed by atoms with Gasteiger partial charge in [-0.2, -0.15) is 0 Å². The maximum Gasteiger partial charge on any atom is 0.317 e. The van der Waals surface area contributed by atoms with E-state index in [-0.39, 0.29) is 11.9 Å². The fraction of sp³-hybridized carbons (Fsp3) is 0.650. The molecule has 1 saturated carbocycles. The standard InChI is InChI=1S/C20H28N2O3/c1-20(24-10-11-25-20)17-8-5-9-22(14-17)19(23)21-13-16-12-18(16)15-6-3-2-4-7-15/h2-4,6-7,16-18H,5,8-14H2,1H3,(H,21,23)/t16-,17-,18-/m1/s1. The van der Waals surface area contributed by atoms with Gasteiger partial charge in [0.15, 0.2) is 5.79 Å². The number of amides is 2. The lowest BCUT2D eigenvalue weighted by atomic mass is 9.90. The normalized spacial score (nSPS) is 30.9. The van der Waals surface area contributed by atoms with Gasteiger partial charge in [0.05, 0.1) is 13.2 Å².